The number of fused-ring (bicyclic) bond motifs is 1. The summed E-state index contributed by atoms with van der Waals surface area (Å²) in [7, 11) is 0. The summed E-state index contributed by atoms with van der Waals surface area (Å²) in [5.41, 5.74) is 2.61. The van der Waals surface area contributed by atoms with Crippen molar-refractivity contribution in [3.63, 3.8) is 0 Å². The second-order valence-electron chi connectivity index (χ2n) is 5.81. The van der Waals surface area contributed by atoms with Crippen LogP contribution in [0.25, 0.3) is 11.0 Å². The van der Waals surface area contributed by atoms with Gasteiger partial charge in [0.25, 0.3) is 5.91 Å². The number of pyridine rings is 2. The van der Waals surface area contributed by atoms with Crippen molar-refractivity contribution in [1.29, 1.82) is 0 Å². The smallest absolute Gasteiger partial charge is 0.253 e. The maximum Gasteiger partial charge on any atom is 0.253 e. The first kappa shape index (κ1) is 13.9. The fraction of sp³-hybridized carbons (Fsp3) is 0.294. The molecule has 6 heteroatoms. The summed E-state index contributed by atoms with van der Waals surface area (Å²) in [5.74, 6) is 0.479. The van der Waals surface area contributed by atoms with Gasteiger partial charge in [0, 0.05) is 54.2 Å². The zero-order valence-electron chi connectivity index (χ0n) is 12.6. The summed E-state index contributed by atoms with van der Waals surface area (Å²) in [5, 5.41) is 8.50. The number of nitrogens with one attached hydrogen (secondary N) is 1. The van der Waals surface area contributed by atoms with Crippen LogP contribution in [0.15, 0.2) is 42.9 Å². The molecule has 4 rings (SSSR count). The molecule has 1 N–H and O–H groups in total. The molecule has 3 aromatic rings. The predicted molar refractivity (Wildman–Crippen MR) is 86.0 cm³/mol. The van der Waals surface area contributed by atoms with E-state index in [-0.39, 0.29) is 5.91 Å². The monoisotopic (exact) mass is 307 g/mol. The molecule has 0 unspecified atom stereocenters. The van der Waals surface area contributed by atoms with Gasteiger partial charge in [-0.15, -0.1) is 0 Å². The maximum absolute atomic E-state index is 12.5. The van der Waals surface area contributed by atoms with Crippen LogP contribution < -0.4 is 0 Å². The molecule has 0 aromatic carbocycles. The van der Waals surface area contributed by atoms with Crippen LogP contribution >= 0.6 is 0 Å². The fourth-order valence-electron chi connectivity index (χ4n) is 3.23. The highest BCUT2D eigenvalue weighted by Crippen LogP contribution is 2.31. The number of aromatic amines is 1. The quantitative estimate of drug-likeness (QED) is 0.788. The third kappa shape index (κ3) is 2.56. The Morgan fingerprint density at radius 2 is 1.91 bits per heavy atom. The second-order valence-corrected chi connectivity index (χ2v) is 5.81. The Hall–Kier alpha value is -2.76. The number of rotatable bonds is 2. The van der Waals surface area contributed by atoms with E-state index in [0.717, 1.165) is 42.7 Å². The highest BCUT2D eigenvalue weighted by molar-refractivity contribution is 5.94. The lowest BCUT2D eigenvalue weighted by Crippen LogP contribution is -2.38. The molecule has 1 amide bonds. The summed E-state index contributed by atoms with van der Waals surface area (Å²) in [4.78, 5) is 22.6. The number of carbonyl (C=O) groups excluding carboxylic acids is 1. The van der Waals surface area contributed by atoms with Crippen molar-refractivity contribution in [1.82, 2.24) is 25.1 Å². The Kier molecular flexibility index (Phi) is 3.49. The molecular weight excluding hydrogens is 290 g/mol. The molecule has 0 aliphatic carbocycles. The number of hydrogen-bond acceptors (Lipinski definition) is 4. The lowest BCUT2D eigenvalue weighted by atomic mass is 9.92. The van der Waals surface area contributed by atoms with E-state index in [9.17, 15) is 4.79 Å². The number of likely N-dealkylation sites (tertiary alicyclic amines) is 1. The Morgan fingerprint density at radius 1 is 1.13 bits per heavy atom. The average molecular weight is 307 g/mol. The Morgan fingerprint density at radius 3 is 2.70 bits per heavy atom. The summed E-state index contributed by atoms with van der Waals surface area (Å²) in [6, 6.07) is 7.52. The molecule has 0 atom stereocenters. The largest absolute Gasteiger partial charge is 0.339 e. The molecule has 116 valence electrons. The highest BCUT2D eigenvalue weighted by atomic mass is 16.2. The van der Waals surface area contributed by atoms with Gasteiger partial charge in [0.1, 0.15) is 0 Å². The van der Waals surface area contributed by atoms with Gasteiger partial charge in [-0.1, -0.05) is 0 Å². The molecule has 1 aliphatic heterocycles. The number of aromatic nitrogens is 4. The van der Waals surface area contributed by atoms with Gasteiger partial charge in [-0.05, 0) is 37.1 Å². The van der Waals surface area contributed by atoms with E-state index in [4.69, 9.17) is 0 Å². The second kappa shape index (κ2) is 5.79. The Bertz CT molecular complexity index is 821. The first-order valence-corrected chi connectivity index (χ1v) is 7.81. The summed E-state index contributed by atoms with van der Waals surface area (Å²) < 4.78 is 0. The van der Waals surface area contributed by atoms with Gasteiger partial charge in [0.2, 0.25) is 0 Å². The third-order valence-corrected chi connectivity index (χ3v) is 4.48. The zero-order chi connectivity index (χ0) is 15.6. The standard InChI is InChI=1S/C17H17N5O/c23-17(13-3-8-18-9-4-13)22-10-5-12(6-11-22)15-14-2-1-7-19-16(14)21-20-15/h1-4,7-9,12H,5-6,10-11H2,(H,19,20,21). The van der Waals surface area contributed by atoms with E-state index in [1.807, 2.05) is 11.0 Å². The number of nitrogens with zero attached hydrogens (tertiary/aromatic N) is 4. The highest BCUT2D eigenvalue weighted by Gasteiger charge is 2.26. The lowest BCUT2D eigenvalue weighted by molar-refractivity contribution is 0.0712. The Balaban J connectivity index is 1.48. The van der Waals surface area contributed by atoms with Gasteiger partial charge >= 0.3 is 0 Å². The van der Waals surface area contributed by atoms with Crippen molar-refractivity contribution >= 4 is 16.9 Å². The van der Waals surface area contributed by atoms with Crippen molar-refractivity contribution in [3.05, 3.63) is 54.1 Å². The van der Waals surface area contributed by atoms with Gasteiger partial charge in [0.05, 0.1) is 0 Å². The van der Waals surface area contributed by atoms with Crippen molar-refractivity contribution in [2.75, 3.05) is 13.1 Å². The van der Waals surface area contributed by atoms with E-state index in [1.54, 1.807) is 30.7 Å². The van der Waals surface area contributed by atoms with Gasteiger partial charge < -0.3 is 4.90 Å². The molecule has 1 aliphatic rings. The minimum atomic E-state index is 0.0852. The van der Waals surface area contributed by atoms with Crippen LogP contribution in [0.1, 0.15) is 34.8 Å². The zero-order valence-corrected chi connectivity index (χ0v) is 12.6. The molecule has 1 saturated heterocycles. The third-order valence-electron chi connectivity index (χ3n) is 4.48. The number of hydrogen-bond donors (Lipinski definition) is 1. The first-order valence-electron chi connectivity index (χ1n) is 7.81. The molecular formula is C17H17N5O. The van der Waals surface area contributed by atoms with E-state index in [1.165, 1.54) is 0 Å². The predicted octanol–water partition coefficient (Wildman–Crippen LogP) is 2.37. The van der Waals surface area contributed by atoms with Gasteiger partial charge in [-0.2, -0.15) is 5.10 Å². The number of H-pyrrole nitrogens is 1. The van der Waals surface area contributed by atoms with Crippen LogP contribution in [-0.2, 0) is 0 Å². The van der Waals surface area contributed by atoms with E-state index in [2.05, 4.69) is 26.2 Å². The van der Waals surface area contributed by atoms with Gasteiger partial charge in [-0.3, -0.25) is 14.9 Å². The average Bonchev–Trinajstić information content (AvgIpc) is 3.06. The molecule has 1 fully saturated rings. The number of amides is 1. The SMILES string of the molecule is O=C(c1ccncc1)N1CCC(c2[nH]nc3ncccc23)CC1. The molecule has 0 spiro atoms. The van der Waals surface area contributed by atoms with Crippen LogP contribution in [0, 0.1) is 0 Å². The maximum atomic E-state index is 12.5. The van der Waals surface area contributed by atoms with Crippen LogP contribution in [0.2, 0.25) is 0 Å². The minimum Gasteiger partial charge on any atom is -0.339 e. The summed E-state index contributed by atoms with van der Waals surface area (Å²) in [6.07, 6.45) is 6.93. The van der Waals surface area contributed by atoms with Crippen LogP contribution in [-0.4, -0.2) is 44.1 Å². The molecule has 0 radical (unpaired) electrons. The van der Waals surface area contributed by atoms with E-state index < -0.39 is 0 Å². The van der Waals surface area contributed by atoms with Crippen LogP contribution in [0.5, 0.6) is 0 Å². The minimum absolute atomic E-state index is 0.0852. The summed E-state index contributed by atoms with van der Waals surface area (Å²) in [6.45, 7) is 1.51. The van der Waals surface area contributed by atoms with Crippen molar-refractivity contribution in [3.8, 4) is 0 Å². The van der Waals surface area contributed by atoms with Crippen LogP contribution in [0.3, 0.4) is 0 Å². The molecule has 0 bridgehead atoms. The van der Waals surface area contributed by atoms with Crippen LogP contribution in [0.4, 0.5) is 0 Å². The molecule has 6 nitrogen and oxygen atoms in total. The van der Waals surface area contributed by atoms with Crippen molar-refractivity contribution < 1.29 is 4.79 Å². The van der Waals surface area contributed by atoms with E-state index >= 15 is 0 Å². The molecule has 3 aromatic heterocycles. The van der Waals surface area contributed by atoms with Crippen molar-refractivity contribution in [2.24, 2.45) is 0 Å². The molecule has 23 heavy (non-hydrogen) atoms. The Labute approximate surface area is 133 Å². The number of piperidine rings is 1. The van der Waals surface area contributed by atoms with Crippen molar-refractivity contribution in [2.45, 2.75) is 18.8 Å². The fourth-order valence-corrected chi connectivity index (χ4v) is 3.23. The number of carbonyl (C=O) groups is 1. The molecule has 4 heterocycles. The topological polar surface area (TPSA) is 74.8 Å². The summed E-state index contributed by atoms with van der Waals surface area (Å²) >= 11 is 0. The van der Waals surface area contributed by atoms with Gasteiger partial charge in [-0.25, -0.2) is 4.98 Å². The van der Waals surface area contributed by atoms with Gasteiger partial charge in [0.15, 0.2) is 5.65 Å². The lowest BCUT2D eigenvalue weighted by Gasteiger charge is -2.31. The molecule has 0 saturated carbocycles. The first-order chi connectivity index (χ1) is 11.3. The van der Waals surface area contributed by atoms with E-state index in [0.29, 0.717) is 11.5 Å². The normalized spacial score (nSPS) is 15.9.